The van der Waals surface area contributed by atoms with Crippen LogP contribution in [-0.4, -0.2) is 4.98 Å². The van der Waals surface area contributed by atoms with Crippen LogP contribution in [-0.2, 0) is 0 Å². The first-order valence-electron chi connectivity index (χ1n) is 14.0. The van der Waals surface area contributed by atoms with Gasteiger partial charge in [0.1, 0.15) is 11.2 Å². The Hall–Kier alpha value is -5.47. The fraction of sp³-hybridized carbons (Fsp3) is 0. The Morgan fingerprint density at radius 3 is 1.85 bits per heavy atom. The highest BCUT2D eigenvalue weighted by Crippen LogP contribution is 2.51. The number of hydrogen-bond donors (Lipinski definition) is 0. The molecule has 0 unspecified atom stereocenters. The summed E-state index contributed by atoms with van der Waals surface area (Å²) >= 11 is 0. The Kier molecular flexibility index (Phi) is 4.64. The summed E-state index contributed by atoms with van der Waals surface area (Å²) in [7, 11) is 0. The smallest absolute Gasteiger partial charge is 0.143 e. The van der Waals surface area contributed by atoms with Crippen LogP contribution in [0.4, 0.5) is 0 Å². The quantitative estimate of drug-likeness (QED) is 0.215. The lowest BCUT2D eigenvalue weighted by atomic mass is 9.78. The molecule has 0 radical (unpaired) electrons. The molecule has 8 aromatic rings. The maximum absolute atomic E-state index is 6.54. The molecule has 2 aromatic heterocycles. The summed E-state index contributed by atoms with van der Waals surface area (Å²) < 4.78 is 6.54. The molecule has 0 saturated carbocycles. The second-order valence-corrected chi connectivity index (χ2v) is 10.7. The molecule has 6 aromatic carbocycles. The van der Waals surface area contributed by atoms with Crippen LogP contribution in [0.15, 0.2) is 144 Å². The fourth-order valence-corrected chi connectivity index (χ4v) is 6.71. The minimum Gasteiger partial charge on any atom is -0.455 e. The Balaban J connectivity index is 1.44. The van der Waals surface area contributed by atoms with Crippen LogP contribution in [0.5, 0.6) is 0 Å². The van der Waals surface area contributed by atoms with Gasteiger partial charge in [0, 0.05) is 27.9 Å². The minimum absolute atomic E-state index is 0.910. The van der Waals surface area contributed by atoms with E-state index in [4.69, 9.17) is 9.40 Å². The minimum atomic E-state index is 0.910. The van der Waals surface area contributed by atoms with Crippen LogP contribution in [0.25, 0.3) is 88.5 Å². The van der Waals surface area contributed by atoms with E-state index in [-0.39, 0.29) is 0 Å². The monoisotopic (exact) mass is 521 g/mol. The number of furan rings is 1. The summed E-state index contributed by atoms with van der Waals surface area (Å²) in [6.45, 7) is 0. The van der Waals surface area contributed by atoms with Crippen molar-refractivity contribution >= 4 is 32.8 Å². The van der Waals surface area contributed by atoms with Gasteiger partial charge in [0.05, 0.1) is 5.52 Å². The van der Waals surface area contributed by atoms with Gasteiger partial charge >= 0.3 is 0 Å². The SMILES string of the molecule is c1ccc2c(c1)-c1cc3cccnc3cc1-c1ccccc1-c1c-2cccc1-c1cccc2c1oc1ccccc12. The standard InChI is InChI=1S/C39H23NO/c1-2-12-26-25(11-1)30-16-7-17-31(33-19-8-18-32-28-14-5-6-20-37(28)41-39(32)33)38(30)29-15-4-3-13-27(29)35-23-36-24(22-34(26)35)10-9-21-40-36/h1-23H. The van der Waals surface area contributed by atoms with Gasteiger partial charge in [-0.25, -0.2) is 0 Å². The maximum Gasteiger partial charge on any atom is 0.143 e. The molecule has 41 heavy (non-hydrogen) atoms. The molecular formula is C39H23NO. The molecule has 0 saturated heterocycles. The lowest BCUT2D eigenvalue weighted by Gasteiger charge is -2.25. The summed E-state index contributed by atoms with van der Waals surface area (Å²) in [5, 5.41) is 3.42. The van der Waals surface area contributed by atoms with E-state index in [0.29, 0.717) is 0 Å². The molecule has 0 N–H and O–H groups in total. The van der Waals surface area contributed by atoms with Crippen molar-refractivity contribution in [2.75, 3.05) is 0 Å². The molecule has 0 fully saturated rings. The van der Waals surface area contributed by atoms with Crippen molar-refractivity contribution in [1.82, 2.24) is 4.98 Å². The van der Waals surface area contributed by atoms with E-state index in [1.807, 2.05) is 18.3 Å². The van der Waals surface area contributed by atoms with Crippen LogP contribution < -0.4 is 0 Å². The van der Waals surface area contributed by atoms with E-state index in [2.05, 4.69) is 121 Å². The van der Waals surface area contributed by atoms with Crippen molar-refractivity contribution in [3.8, 4) is 55.6 Å². The molecule has 2 heterocycles. The Morgan fingerprint density at radius 2 is 1.00 bits per heavy atom. The summed E-state index contributed by atoms with van der Waals surface area (Å²) in [5.74, 6) is 0. The van der Waals surface area contributed by atoms with Gasteiger partial charge in [-0.05, 0) is 74.3 Å². The van der Waals surface area contributed by atoms with E-state index in [1.165, 1.54) is 44.5 Å². The van der Waals surface area contributed by atoms with E-state index in [0.717, 1.165) is 44.0 Å². The maximum atomic E-state index is 6.54. The molecule has 1 aliphatic rings. The molecule has 9 rings (SSSR count). The zero-order valence-corrected chi connectivity index (χ0v) is 22.1. The zero-order chi connectivity index (χ0) is 26.9. The van der Waals surface area contributed by atoms with Gasteiger partial charge in [0.15, 0.2) is 0 Å². The number of pyridine rings is 1. The van der Waals surface area contributed by atoms with Crippen molar-refractivity contribution in [1.29, 1.82) is 0 Å². The second-order valence-electron chi connectivity index (χ2n) is 10.7. The predicted octanol–water partition coefficient (Wildman–Crippen LogP) is 10.8. The predicted molar refractivity (Wildman–Crippen MR) is 170 cm³/mol. The number of rotatable bonds is 1. The molecule has 190 valence electrons. The molecule has 0 amide bonds. The summed E-state index contributed by atoms with van der Waals surface area (Å²) in [5.41, 5.74) is 14.8. The first-order valence-corrected chi connectivity index (χ1v) is 14.0. The van der Waals surface area contributed by atoms with Crippen LogP contribution in [0.1, 0.15) is 0 Å². The first kappa shape index (κ1) is 22.4. The van der Waals surface area contributed by atoms with Crippen molar-refractivity contribution < 1.29 is 4.42 Å². The topological polar surface area (TPSA) is 26.0 Å². The van der Waals surface area contributed by atoms with Crippen LogP contribution in [0.2, 0.25) is 0 Å². The Morgan fingerprint density at radius 1 is 0.415 bits per heavy atom. The van der Waals surface area contributed by atoms with E-state index < -0.39 is 0 Å². The lowest BCUT2D eigenvalue weighted by Crippen LogP contribution is -1.99. The Labute approximate surface area is 237 Å². The number of fused-ring (bicyclic) bond motifs is 12. The van der Waals surface area contributed by atoms with Gasteiger partial charge in [-0.15, -0.1) is 0 Å². The van der Waals surface area contributed by atoms with Gasteiger partial charge in [-0.1, -0.05) is 109 Å². The number of benzene rings is 6. The molecule has 2 nitrogen and oxygen atoms in total. The molecule has 0 spiro atoms. The normalized spacial score (nSPS) is 11.9. The van der Waals surface area contributed by atoms with E-state index in [1.54, 1.807) is 0 Å². The third-order valence-corrected chi connectivity index (χ3v) is 8.50. The van der Waals surface area contributed by atoms with Gasteiger partial charge in [0.25, 0.3) is 0 Å². The van der Waals surface area contributed by atoms with E-state index >= 15 is 0 Å². The highest BCUT2D eigenvalue weighted by Gasteiger charge is 2.25. The molecule has 0 bridgehead atoms. The van der Waals surface area contributed by atoms with E-state index in [9.17, 15) is 0 Å². The number of nitrogens with zero attached hydrogens (tertiary/aromatic N) is 1. The summed E-state index contributed by atoms with van der Waals surface area (Å²) in [6.07, 6.45) is 1.87. The molecule has 0 atom stereocenters. The zero-order valence-electron chi connectivity index (χ0n) is 22.1. The van der Waals surface area contributed by atoms with Gasteiger partial charge in [-0.2, -0.15) is 0 Å². The van der Waals surface area contributed by atoms with Crippen LogP contribution in [0.3, 0.4) is 0 Å². The number of aromatic nitrogens is 1. The fourth-order valence-electron chi connectivity index (χ4n) is 6.71. The lowest BCUT2D eigenvalue weighted by molar-refractivity contribution is 0.670. The van der Waals surface area contributed by atoms with Crippen LogP contribution >= 0.6 is 0 Å². The number of para-hydroxylation sites is 2. The van der Waals surface area contributed by atoms with Crippen molar-refractivity contribution in [3.05, 3.63) is 140 Å². The molecule has 0 aliphatic heterocycles. The highest BCUT2D eigenvalue weighted by atomic mass is 16.3. The van der Waals surface area contributed by atoms with Crippen LogP contribution in [0, 0.1) is 0 Å². The van der Waals surface area contributed by atoms with Crippen molar-refractivity contribution in [2.24, 2.45) is 0 Å². The van der Waals surface area contributed by atoms with Crippen molar-refractivity contribution in [2.45, 2.75) is 0 Å². The molecule has 1 aliphatic carbocycles. The molecule has 2 heteroatoms. The molecular weight excluding hydrogens is 498 g/mol. The largest absolute Gasteiger partial charge is 0.455 e. The highest BCUT2D eigenvalue weighted by molar-refractivity contribution is 6.14. The average molecular weight is 522 g/mol. The summed E-state index contributed by atoms with van der Waals surface area (Å²) in [4.78, 5) is 4.72. The van der Waals surface area contributed by atoms with Crippen molar-refractivity contribution in [3.63, 3.8) is 0 Å². The summed E-state index contributed by atoms with van der Waals surface area (Å²) in [6, 6.07) is 47.8. The first-order chi connectivity index (χ1) is 20.3. The average Bonchev–Trinajstić information content (AvgIpc) is 3.42. The third kappa shape index (κ3) is 3.22. The Bertz CT molecular complexity index is 2320. The van der Waals surface area contributed by atoms with Gasteiger partial charge < -0.3 is 4.42 Å². The van der Waals surface area contributed by atoms with Gasteiger partial charge in [0.2, 0.25) is 0 Å². The third-order valence-electron chi connectivity index (χ3n) is 8.50. The van der Waals surface area contributed by atoms with Gasteiger partial charge in [-0.3, -0.25) is 4.98 Å². The second kappa shape index (κ2) is 8.51. The number of hydrogen-bond acceptors (Lipinski definition) is 2.